The first-order valence-corrected chi connectivity index (χ1v) is 2.64. The molecule has 1 heterocycles. The van der Waals surface area contributed by atoms with Crippen LogP contribution in [0.3, 0.4) is 0 Å². The molecule has 0 bridgehead atoms. The number of allylic oxidation sites excluding steroid dienone is 4. The molecule has 0 aromatic heterocycles. The van der Waals surface area contributed by atoms with Crippen molar-refractivity contribution < 1.29 is 0 Å². The van der Waals surface area contributed by atoms with Crippen molar-refractivity contribution in [1.82, 2.24) is 0 Å². The van der Waals surface area contributed by atoms with E-state index in [4.69, 9.17) is 0 Å². The summed E-state index contributed by atoms with van der Waals surface area (Å²) in [6.45, 7) is 1.97. The molecule has 0 saturated heterocycles. The van der Waals surface area contributed by atoms with Gasteiger partial charge < -0.3 is 5.32 Å². The molecule has 0 aromatic rings. The highest BCUT2D eigenvalue weighted by Crippen LogP contribution is 2.11. The summed E-state index contributed by atoms with van der Waals surface area (Å²) in [7, 11) is 0. The standard InChI is InChI=1S/C7H8N/c1-2-7-5-3-4-6-8-7/h2-6H,1H3/q-1/b7-2+. The SMILES string of the molecule is C/C=C1\C=CC=C[N-]1. The second-order valence-electron chi connectivity index (χ2n) is 1.54. The van der Waals surface area contributed by atoms with Crippen molar-refractivity contribution in [3.05, 3.63) is 41.5 Å². The maximum Gasteiger partial charge on any atom is -0.0479 e. The van der Waals surface area contributed by atoms with Crippen molar-refractivity contribution in [2.45, 2.75) is 6.92 Å². The Morgan fingerprint density at radius 3 is 2.75 bits per heavy atom. The van der Waals surface area contributed by atoms with E-state index in [1.165, 1.54) is 0 Å². The quantitative estimate of drug-likeness (QED) is 0.450. The first-order valence-electron chi connectivity index (χ1n) is 2.64. The Hall–Kier alpha value is -0.980. The molecule has 0 aromatic carbocycles. The lowest BCUT2D eigenvalue weighted by molar-refractivity contribution is 1.51. The lowest BCUT2D eigenvalue weighted by Gasteiger charge is -2.19. The molecule has 0 amide bonds. The van der Waals surface area contributed by atoms with Gasteiger partial charge in [0.15, 0.2) is 0 Å². The van der Waals surface area contributed by atoms with E-state index in [1.807, 2.05) is 31.2 Å². The fraction of sp³-hybridized carbons (Fsp3) is 0.143. The van der Waals surface area contributed by atoms with Gasteiger partial charge in [-0.1, -0.05) is 18.2 Å². The van der Waals surface area contributed by atoms with Gasteiger partial charge in [0.05, 0.1) is 0 Å². The van der Waals surface area contributed by atoms with Crippen LogP contribution >= 0.6 is 0 Å². The summed E-state index contributed by atoms with van der Waals surface area (Å²) in [5.41, 5.74) is 1.03. The highest BCUT2D eigenvalue weighted by atomic mass is 14.8. The highest BCUT2D eigenvalue weighted by Gasteiger charge is 1.72. The Morgan fingerprint density at radius 2 is 2.38 bits per heavy atom. The fourth-order valence-electron chi connectivity index (χ4n) is 0.547. The Labute approximate surface area is 49.4 Å². The molecule has 8 heavy (non-hydrogen) atoms. The molecule has 42 valence electrons. The Bertz CT molecular complexity index is 152. The molecule has 0 spiro atoms. The van der Waals surface area contributed by atoms with Gasteiger partial charge in [-0.25, -0.2) is 0 Å². The minimum absolute atomic E-state index is 1.03. The predicted molar refractivity (Wildman–Crippen MR) is 35.4 cm³/mol. The van der Waals surface area contributed by atoms with Crippen molar-refractivity contribution in [3.63, 3.8) is 0 Å². The Balaban J connectivity index is 2.66. The van der Waals surface area contributed by atoms with Crippen LogP contribution in [0.25, 0.3) is 5.32 Å². The van der Waals surface area contributed by atoms with Gasteiger partial charge in [-0.05, 0) is 6.92 Å². The first-order chi connectivity index (χ1) is 3.93. The average Bonchev–Trinajstić information content (AvgIpc) is 1.90. The van der Waals surface area contributed by atoms with Crippen LogP contribution in [0.4, 0.5) is 0 Å². The Morgan fingerprint density at radius 1 is 1.50 bits per heavy atom. The molecular formula is C7H8N-. The second kappa shape index (κ2) is 2.36. The lowest BCUT2D eigenvalue weighted by atomic mass is 10.3. The zero-order valence-corrected chi connectivity index (χ0v) is 4.83. The van der Waals surface area contributed by atoms with E-state index < -0.39 is 0 Å². The second-order valence-corrected chi connectivity index (χ2v) is 1.54. The summed E-state index contributed by atoms with van der Waals surface area (Å²) < 4.78 is 0. The van der Waals surface area contributed by atoms with Crippen LogP contribution in [0.2, 0.25) is 0 Å². The number of nitrogens with zero attached hydrogens (tertiary/aromatic N) is 1. The predicted octanol–water partition coefficient (Wildman–Crippen LogP) is 2.35. The first kappa shape index (κ1) is 5.16. The molecule has 0 fully saturated rings. The van der Waals surface area contributed by atoms with Crippen molar-refractivity contribution in [2.75, 3.05) is 0 Å². The van der Waals surface area contributed by atoms with Crippen LogP contribution in [0.1, 0.15) is 6.92 Å². The van der Waals surface area contributed by atoms with E-state index in [0.717, 1.165) is 5.70 Å². The molecule has 0 saturated carbocycles. The summed E-state index contributed by atoms with van der Waals surface area (Å²) >= 11 is 0. The molecule has 1 rings (SSSR count). The van der Waals surface area contributed by atoms with Crippen molar-refractivity contribution in [1.29, 1.82) is 0 Å². The molecule has 1 heteroatoms. The van der Waals surface area contributed by atoms with Crippen LogP contribution < -0.4 is 0 Å². The molecular weight excluding hydrogens is 98.1 g/mol. The average molecular weight is 106 g/mol. The summed E-state index contributed by atoms with van der Waals surface area (Å²) in [4.78, 5) is 0. The van der Waals surface area contributed by atoms with Crippen LogP contribution in [0, 0.1) is 0 Å². The van der Waals surface area contributed by atoms with E-state index in [2.05, 4.69) is 5.32 Å². The van der Waals surface area contributed by atoms with Gasteiger partial charge in [0, 0.05) is 0 Å². The molecule has 1 aliphatic rings. The van der Waals surface area contributed by atoms with E-state index in [0.29, 0.717) is 0 Å². The molecule has 0 radical (unpaired) electrons. The third-order valence-electron chi connectivity index (χ3n) is 0.984. The smallest absolute Gasteiger partial charge is 0.0479 e. The van der Waals surface area contributed by atoms with Crippen LogP contribution in [0.5, 0.6) is 0 Å². The van der Waals surface area contributed by atoms with Gasteiger partial charge in [-0.3, -0.25) is 0 Å². The number of hydrogen-bond acceptors (Lipinski definition) is 0. The zero-order chi connectivity index (χ0) is 5.82. The van der Waals surface area contributed by atoms with Crippen molar-refractivity contribution >= 4 is 0 Å². The van der Waals surface area contributed by atoms with E-state index in [1.54, 1.807) is 6.20 Å². The topological polar surface area (TPSA) is 14.1 Å². The molecule has 0 aliphatic carbocycles. The van der Waals surface area contributed by atoms with Crippen molar-refractivity contribution in [2.24, 2.45) is 0 Å². The van der Waals surface area contributed by atoms with Crippen LogP contribution in [-0.2, 0) is 0 Å². The highest BCUT2D eigenvalue weighted by molar-refractivity contribution is 5.39. The van der Waals surface area contributed by atoms with Gasteiger partial charge in [0.1, 0.15) is 0 Å². The van der Waals surface area contributed by atoms with Gasteiger partial charge in [-0.2, -0.15) is 6.20 Å². The molecule has 0 atom stereocenters. The van der Waals surface area contributed by atoms with Crippen LogP contribution in [-0.4, -0.2) is 0 Å². The van der Waals surface area contributed by atoms with Gasteiger partial charge >= 0.3 is 0 Å². The summed E-state index contributed by atoms with van der Waals surface area (Å²) in [5.74, 6) is 0. The van der Waals surface area contributed by atoms with Gasteiger partial charge in [-0.15, -0.1) is 11.8 Å². The van der Waals surface area contributed by atoms with Crippen molar-refractivity contribution in [3.8, 4) is 0 Å². The molecule has 0 unspecified atom stereocenters. The monoisotopic (exact) mass is 106 g/mol. The van der Waals surface area contributed by atoms with E-state index >= 15 is 0 Å². The third-order valence-corrected chi connectivity index (χ3v) is 0.984. The molecule has 1 aliphatic heterocycles. The summed E-state index contributed by atoms with van der Waals surface area (Å²) in [6.07, 6.45) is 9.62. The maximum absolute atomic E-state index is 4.04. The lowest BCUT2D eigenvalue weighted by Crippen LogP contribution is -1.74. The maximum atomic E-state index is 4.04. The summed E-state index contributed by atoms with van der Waals surface area (Å²) in [5, 5.41) is 4.04. The fourth-order valence-corrected chi connectivity index (χ4v) is 0.547. The van der Waals surface area contributed by atoms with Gasteiger partial charge in [0.2, 0.25) is 0 Å². The van der Waals surface area contributed by atoms with Crippen LogP contribution in [0.15, 0.2) is 36.2 Å². The van der Waals surface area contributed by atoms with Gasteiger partial charge in [0.25, 0.3) is 0 Å². The molecule has 1 nitrogen and oxygen atoms in total. The minimum Gasteiger partial charge on any atom is -0.664 e. The van der Waals surface area contributed by atoms with E-state index in [-0.39, 0.29) is 0 Å². The molecule has 0 N–H and O–H groups in total. The Kier molecular flexibility index (Phi) is 1.52. The normalized spacial score (nSPS) is 21.4. The van der Waals surface area contributed by atoms with E-state index in [9.17, 15) is 0 Å². The minimum atomic E-state index is 1.03. The largest absolute Gasteiger partial charge is 0.664 e. The zero-order valence-electron chi connectivity index (χ0n) is 4.83. The third kappa shape index (κ3) is 0.997. The number of rotatable bonds is 0. The summed E-state index contributed by atoms with van der Waals surface area (Å²) in [6, 6.07) is 0. The number of hydrogen-bond donors (Lipinski definition) is 0.